The zero-order valence-electron chi connectivity index (χ0n) is 12.9. The van der Waals surface area contributed by atoms with Gasteiger partial charge in [-0.05, 0) is 31.0 Å². The molecule has 2 unspecified atom stereocenters. The molecule has 0 spiro atoms. The van der Waals surface area contributed by atoms with Crippen LogP contribution >= 0.6 is 0 Å². The standard InChI is InChI=1S/C17H18N2O4/c1-10-3-2-4-12(5-10)23-9-15(20)18-7-11(8-18)19-16(21)13-6-14(13)17(19)22/h2-5,11,13-14H,6-9H2,1H3. The number of piperidine rings is 1. The fourth-order valence-electron chi connectivity index (χ4n) is 3.33. The normalized spacial score (nSPS) is 26.1. The van der Waals surface area contributed by atoms with E-state index in [1.807, 2.05) is 31.2 Å². The molecule has 2 heterocycles. The summed E-state index contributed by atoms with van der Waals surface area (Å²) in [5, 5.41) is 0. The highest BCUT2D eigenvalue weighted by Gasteiger charge is 2.61. The Morgan fingerprint density at radius 2 is 1.91 bits per heavy atom. The van der Waals surface area contributed by atoms with Gasteiger partial charge in [-0.2, -0.15) is 0 Å². The number of rotatable bonds is 4. The summed E-state index contributed by atoms with van der Waals surface area (Å²) in [7, 11) is 0. The van der Waals surface area contributed by atoms with Crippen molar-refractivity contribution in [2.75, 3.05) is 19.7 Å². The Morgan fingerprint density at radius 3 is 2.57 bits per heavy atom. The molecule has 0 N–H and O–H groups in total. The second-order valence-corrected chi connectivity index (χ2v) is 6.55. The number of carbonyl (C=O) groups is 3. The van der Waals surface area contributed by atoms with Crippen LogP contribution in [0.5, 0.6) is 5.75 Å². The first-order valence-corrected chi connectivity index (χ1v) is 7.89. The van der Waals surface area contributed by atoms with Crippen molar-refractivity contribution >= 4 is 17.7 Å². The second-order valence-electron chi connectivity index (χ2n) is 6.55. The van der Waals surface area contributed by atoms with Crippen LogP contribution in [0.4, 0.5) is 0 Å². The van der Waals surface area contributed by atoms with Gasteiger partial charge in [0.1, 0.15) is 5.75 Å². The Bertz CT molecular complexity index is 676. The molecule has 6 heteroatoms. The maximum atomic E-state index is 12.1. The van der Waals surface area contributed by atoms with Crippen molar-refractivity contribution in [1.29, 1.82) is 0 Å². The summed E-state index contributed by atoms with van der Waals surface area (Å²) in [5.74, 6) is 0.308. The molecule has 3 aliphatic rings. The molecular formula is C17H18N2O4. The van der Waals surface area contributed by atoms with Crippen molar-refractivity contribution in [2.24, 2.45) is 11.8 Å². The number of hydrogen-bond donors (Lipinski definition) is 0. The summed E-state index contributed by atoms with van der Waals surface area (Å²) in [6.07, 6.45) is 0.716. The van der Waals surface area contributed by atoms with E-state index in [0.29, 0.717) is 25.3 Å². The largest absolute Gasteiger partial charge is 0.484 e. The third kappa shape index (κ3) is 2.38. The summed E-state index contributed by atoms with van der Waals surface area (Å²) in [4.78, 5) is 39.1. The SMILES string of the molecule is Cc1cccc(OCC(=O)N2CC(N3C(=O)C4CC4C3=O)C2)c1. The Balaban J connectivity index is 1.27. The molecule has 3 fully saturated rings. The molecule has 1 aromatic rings. The molecule has 2 aliphatic heterocycles. The number of hydrogen-bond acceptors (Lipinski definition) is 4. The maximum absolute atomic E-state index is 12.1. The van der Waals surface area contributed by atoms with Crippen LogP contribution in [0, 0.1) is 18.8 Å². The highest BCUT2D eigenvalue weighted by atomic mass is 16.5. The lowest BCUT2D eigenvalue weighted by atomic mass is 10.1. The predicted molar refractivity (Wildman–Crippen MR) is 80.5 cm³/mol. The molecule has 2 atom stereocenters. The minimum absolute atomic E-state index is 0.0245. The lowest BCUT2D eigenvalue weighted by Crippen LogP contribution is -2.63. The molecule has 1 aliphatic carbocycles. The van der Waals surface area contributed by atoms with E-state index >= 15 is 0 Å². The maximum Gasteiger partial charge on any atom is 0.260 e. The van der Waals surface area contributed by atoms with Gasteiger partial charge in [-0.1, -0.05) is 12.1 Å². The lowest BCUT2D eigenvalue weighted by molar-refractivity contribution is -0.154. The van der Waals surface area contributed by atoms with Gasteiger partial charge < -0.3 is 9.64 Å². The number of ether oxygens (including phenoxy) is 1. The van der Waals surface area contributed by atoms with Crippen molar-refractivity contribution < 1.29 is 19.1 Å². The van der Waals surface area contributed by atoms with E-state index in [1.54, 1.807) is 4.90 Å². The van der Waals surface area contributed by atoms with Gasteiger partial charge in [-0.3, -0.25) is 19.3 Å². The molecule has 120 valence electrons. The first-order chi connectivity index (χ1) is 11.0. The Morgan fingerprint density at radius 1 is 1.22 bits per heavy atom. The van der Waals surface area contributed by atoms with E-state index < -0.39 is 0 Å². The van der Waals surface area contributed by atoms with Gasteiger partial charge in [-0.25, -0.2) is 0 Å². The van der Waals surface area contributed by atoms with E-state index in [1.165, 1.54) is 4.90 Å². The van der Waals surface area contributed by atoms with Gasteiger partial charge in [0.15, 0.2) is 6.61 Å². The number of nitrogens with zero attached hydrogens (tertiary/aromatic N) is 2. The van der Waals surface area contributed by atoms with Gasteiger partial charge in [-0.15, -0.1) is 0 Å². The first kappa shape index (κ1) is 14.2. The Labute approximate surface area is 134 Å². The number of fused-ring (bicyclic) bond motifs is 1. The van der Waals surface area contributed by atoms with Crippen LogP contribution in [-0.4, -0.2) is 53.3 Å². The average molecular weight is 314 g/mol. The van der Waals surface area contributed by atoms with Crippen molar-refractivity contribution in [1.82, 2.24) is 9.80 Å². The van der Waals surface area contributed by atoms with Crippen LogP contribution in [0.25, 0.3) is 0 Å². The number of aryl methyl sites for hydroxylation is 1. The van der Waals surface area contributed by atoms with E-state index in [4.69, 9.17) is 4.74 Å². The zero-order chi connectivity index (χ0) is 16.1. The van der Waals surface area contributed by atoms with Crippen molar-refractivity contribution in [3.8, 4) is 5.75 Å². The van der Waals surface area contributed by atoms with E-state index in [2.05, 4.69) is 0 Å². The number of benzene rings is 1. The zero-order valence-corrected chi connectivity index (χ0v) is 12.9. The molecule has 4 rings (SSSR count). The lowest BCUT2D eigenvalue weighted by Gasteiger charge is -2.43. The third-order valence-corrected chi connectivity index (χ3v) is 4.83. The smallest absolute Gasteiger partial charge is 0.260 e. The highest BCUT2D eigenvalue weighted by molar-refractivity contribution is 6.09. The van der Waals surface area contributed by atoms with E-state index in [9.17, 15) is 14.4 Å². The number of imide groups is 1. The topological polar surface area (TPSA) is 66.9 Å². The van der Waals surface area contributed by atoms with Crippen LogP contribution in [0.1, 0.15) is 12.0 Å². The quantitative estimate of drug-likeness (QED) is 0.763. The van der Waals surface area contributed by atoms with Crippen molar-refractivity contribution in [3.05, 3.63) is 29.8 Å². The van der Waals surface area contributed by atoms with Gasteiger partial charge in [0, 0.05) is 13.1 Å². The molecular weight excluding hydrogens is 296 g/mol. The first-order valence-electron chi connectivity index (χ1n) is 7.89. The van der Waals surface area contributed by atoms with Crippen molar-refractivity contribution in [3.63, 3.8) is 0 Å². The number of amides is 3. The minimum atomic E-state index is -0.147. The molecule has 6 nitrogen and oxygen atoms in total. The molecule has 0 radical (unpaired) electrons. The van der Waals surface area contributed by atoms with Crippen molar-refractivity contribution in [2.45, 2.75) is 19.4 Å². The molecule has 1 aromatic carbocycles. The Kier molecular flexibility index (Phi) is 3.14. The Hall–Kier alpha value is -2.37. The summed E-state index contributed by atoms with van der Waals surface area (Å²) in [6.45, 7) is 2.78. The fraction of sp³-hybridized carbons (Fsp3) is 0.471. The van der Waals surface area contributed by atoms with E-state index in [0.717, 1.165) is 5.56 Å². The minimum Gasteiger partial charge on any atom is -0.484 e. The molecule has 2 saturated heterocycles. The molecule has 0 aromatic heterocycles. The van der Waals surface area contributed by atoms with Crippen LogP contribution in [0.3, 0.4) is 0 Å². The van der Waals surface area contributed by atoms with Crippen LogP contribution in [0.2, 0.25) is 0 Å². The summed E-state index contributed by atoms with van der Waals surface area (Å²) >= 11 is 0. The fourth-order valence-corrected chi connectivity index (χ4v) is 3.33. The summed E-state index contributed by atoms with van der Waals surface area (Å²) in [6, 6.07) is 7.38. The van der Waals surface area contributed by atoms with Crippen LogP contribution < -0.4 is 4.74 Å². The predicted octanol–water partition coefficient (Wildman–Crippen LogP) is 0.590. The molecule has 0 bridgehead atoms. The van der Waals surface area contributed by atoms with Crippen LogP contribution in [0.15, 0.2) is 24.3 Å². The number of carbonyl (C=O) groups excluding carboxylic acids is 3. The summed E-state index contributed by atoms with van der Waals surface area (Å²) < 4.78 is 5.49. The van der Waals surface area contributed by atoms with Gasteiger partial charge >= 0.3 is 0 Å². The van der Waals surface area contributed by atoms with E-state index in [-0.39, 0.29) is 42.2 Å². The molecule has 3 amide bonds. The molecule has 23 heavy (non-hydrogen) atoms. The number of likely N-dealkylation sites (tertiary alicyclic amines) is 2. The van der Waals surface area contributed by atoms with Gasteiger partial charge in [0.05, 0.1) is 17.9 Å². The second kappa shape index (κ2) is 5.08. The van der Waals surface area contributed by atoms with Crippen LogP contribution in [-0.2, 0) is 14.4 Å². The molecule has 1 saturated carbocycles. The van der Waals surface area contributed by atoms with Gasteiger partial charge in [0.25, 0.3) is 5.91 Å². The average Bonchev–Trinajstić information content (AvgIpc) is 3.23. The summed E-state index contributed by atoms with van der Waals surface area (Å²) in [5.41, 5.74) is 1.07. The highest BCUT2D eigenvalue weighted by Crippen LogP contribution is 2.48. The van der Waals surface area contributed by atoms with Gasteiger partial charge in [0.2, 0.25) is 11.8 Å². The third-order valence-electron chi connectivity index (χ3n) is 4.83. The monoisotopic (exact) mass is 314 g/mol.